The molecule has 0 saturated carbocycles. The van der Waals surface area contributed by atoms with Gasteiger partial charge in [0.15, 0.2) is 0 Å². The van der Waals surface area contributed by atoms with E-state index < -0.39 is 26.0 Å². The van der Waals surface area contributed by atoms with Gasteiger partial charge in [-0.15, -0.1) is 0 Å². The van der Waals surface area contributed by atoms with Gasteiger partial charge < -0.3 is 5.32 Å². The molecule has 0 unspecified atom stereocenters. The van der Waals surface area contributed by atoms with Crippen LogP contribution in [0.4, 0.5) is 0 Å². The second-order valence-electron chi connectivity index (χ2n) is 6.12. The number of halogens is 1. The number of sulfonamides is 2. The van der Waals surface area contributed by atoms with E-state index in [4.69, 9.17) is 16.7 Å². The van der Waals surface area contributed by atoms with Crippen LogP contribution in [-0.4, -0.2) is 47.7 Å². The number of rotatable bonds is 7. The maximum atomic E-state index is 12.4. The van der Waals surface area contributed by atoms with Gasteiger partial charge in [0.25, 0.3) is 5.91 Å². The molecule has 3 N–H and O–H groups in total. The predicted octanol–water partition coefficient (Wildman–Crippen LogP) is 1.21. The minimum atomic E-state index is -3.75. The van der Waals surface area contributed by atoms with Crippen molar-refractivity contribution in [2.24, 2.45) is 5.14 Å². The summed E-state index contributed by atoms with van der Waals surface area (Å²) in [7, 11) is -4.66. The first-order chi connectivity index (χ1) is 12.9. The summed E-state index contributed by atoms with van der Waals surface area (Å²) in [6.07, 6.45) is 0.434. The van der Waals surface area contributed by atoms with Crippen molar-refractivity contribution in [2.45, 2.75) is 16.2 Å². The molecule has 0 bridgehead atoms. The van der Waals surface area contributed by atoms with Gasteiger partial charge in [0.2, 0.25) is 20.0 Å². The van der Waals surface area contributed by atoms with Gasteiger partial charge in [-0.3, -0.25) is 4.79 Å². The molecule has 1 amide bonds. The number of hydrogen-bond donors (Lipinski definition) is 2. The molecule has 0 saturated heterocycles. The molecule has 11 heteroatoms. The van der Waals surface area contributed by atoms with Gasteiger partial charge in [0.05, 0.1) is 20.4 Å². The van der Waals surface area contributed by atoms with Crippen LogP contribution in [0.3, 0.4) is 0 Å². The monoisotopic (exact) mass is 445 g/mol. The van der Waals surface area contributed by atoms with Crippen LogP contribution in [0.1, 0.15) is 15.9 Å². The van der Waals surface area contributed by atoms with Crippen LogP contribution < -0.4 is 10.5 Å². The smallest absolute Gasteiger partial charge is 0.252 e. The first kappa shape index (κ1) is 22.3. The topological polar surface area (TPSA) is 127 Å². The SMILES string of the molecule is CN(C)S(=O)(=O)c1ccc(Cl)c(C(=O)NCCc2ccc(S(N)(=O)=O)cc2)c1. The number of hydrogen-bond acceptors (Lipinski definition) is 5. The Morgan fingerprint density at radius 3 is 2.14 bits per heavy atom. The fraction of sp³-hybridized carbons (Fsp3) is 0.235. The highest BCUT2D eigenvalue weighted by atomic mass is 35.5. The Balaban J connectivity index is 2.07. The van der Waals surface area contributed by atoms with Crippen LogP contribution in [-0.2, 0) is 26.5 Å². The zero-order chi connectivity index (χ0) is 21.1. The standard InChI is InChI=1S/C17H20ClN3O5S2/c1-21(2)28(25,26)14-7-8-16(18)15(11-14)17(22)20-10-9-12-3-5-13(6-4-12)27(19,23)24/h3-8,11H,9-10H2,1-2H3,(H,20,22)(H2,19,23,24). The molecular weight excluding hydrogens is 426 g/mol. The lowest BCUT2D eigenvalue weighted by Gasteiger charge is -2.13. The second-order valence-corrected chi connectivity index (χ2v) is 10.2. The molecule has 0 spiro atoms. The normalized spacial score (nSPS) is 12.2. The quantitative estimate of drug-likeness (QED) is 0.662. The number of nitrogens with two attached hydrogens (primary N) is 1. The minimum Gasteiger partial charge on any atom is -0.352 e. The number of nitrogens with one attached hydrogen (secondary N) is 1. The summed E-state index contributed by atoms with van der Waals surface area (Å²) >= 11 is 6.04. The summed E-state index contributed by atoms with van der Waals surface area (Å²) in [5.41, 5.74) is 0.844. The molecule has 28 heavy (non-hydrogen) atoms. The van der Waals surface area contributed by atoms with Crippen molar-refractivity contribution in [3.8, 4) is 0 Å². The largest absolute Gasteiger partial charge is 0.352 e. The van der Waals surface area contributed by atoms with Gasteiger partial charge in [-0.05, 0) is 42.3 Å². The van der Waals surface area contributed by atoms with Crippen molar-refractivity contribution in [3.05, 3.63) is 58.6 Å². The van der Waals surface area contributed by atoms with Gasteiger partial charge in [0.1, 0.15) is 0 Å². The third-order valence-corrected chi connectivity index (χ3v) is 6.98. The average molecular weight is 446 g/mol. The van der Waals surface area contributed by atoms with Crippen molar-refractivity contribution in [2.75, 3.05) is 20.6 Å². The summed E-state index contributed by atoms with van der Waals surface area (Å²) < 4.78 is 48.0. The average Bonchev–Trinajstić information content (AvgIpc) is 2.61. The van der Waals surface area contributed by atoms with E-state index in [0.29, 0.717) is 6.42 Å². The number of primary sulfonamides is 1. The molecule has 2 rings (SSSR count). The van der Waals surface area contributed by atoms with Crippen LogP contribution in [0.2, 0.25) is 5.02 Å². The van der Waals surface area contributed by atoms with Crippen LogP contribution >= 0.6 is 11.6 Å². The van der Waals surface area contributed by atoms with Gasteiger partial charge in [-0.2, -0.15) is 0 Å². The molecule has 0 aliphatic rings. The third-order valence-electron chi connectivity index (χ3n) is 3.91. The maximum absolute atomic E-state index is 12.4. The highest BCUT2D eigenvalue weighted by Gasteiger charge is 2.20. The number of amides is 1. The number of carbonyl (C=O) groups excluding carboxylic acids is 1. The molecule has 0 radical (unpaired) electrons. The highest BCUT2D eigenvalue weighted by molar-refractivity contribution is 7.89. The van der Waals surface area contributed by atoms with E-state index >= 15 is 0 Å². The zero-order valence-electron chi connectivity index (χ0n) is 15.2. The van der Waals surface area contributed by atoms with E-state index in [1.807, 2.05) is 0 Å². The number of benzene rings is 2. The zero-order valence-corrected chi connectivity index (χ0v) is 17.6. The Bertz CT molecular complexity index is 1080. The summed E-state index contributed by atoms with van der Waals surface area (Å²) in [4.78, 5) is 12.4. The Labute approximate surface area is 169 Å². The van der Waals surface area contributed by atoms with Gasteiger partial charge in [-0.1, -0.05) is 23.7 Å². The second kappa shape index (κ2) is 8.58. The number of carbonyl (C=O) groups is 1. The van der Waals surface area contributed by atoms with Gasteiger partial charge in [0, 0.05) is 20.6 Å². The fourth-order valence-corrected chi connectivity index (χ4v) is 3.96. The lowest BCUT2D eigenvalue weighted by atomic mass is 10.1. The molecule has 0 aromatic heterocycles. The Morgan fingerprint density at radius 1 is 1.04 bits per heavy atom. The summed E-state index contributed by atoms with van der Waals surface area (Å²) in [6.45, 7) is 0.245. The summed E-state index contributed by atoms with van der Waals surface area (Å²) in [6, 6.07) is 9.90. The lowest BCUT2D eigenvalue weighted by molar-refractivity contribution is 0.0954. The van der Waals surface area contributed by atoms with Crippen LogP contribution in [0, 0.1) is 0 Å². The fourth-order valence-electron chi connectivity index (χ4n) is 2.31. The van der Waals surface area contributed by atoms with Crippen molar-refractivity contribution in [1.82, 2.24) is 9.62 Å². The molecule has 0 atom stereocenters. The van der Waals surface area contributed by atoms with Crippen LogP contribution in [0.5, 0.6) is 0 Å². The Morgan fingerprint density at radius 2 is 1.61 bits per heavy atom. The molecule has 0 fully saturated rings. The van der Waals surface area contributed by atoms with Gasteiger partial charge >= 0.3 is 0 Å². The molecule has 152 valence electrons. The molecule has 0 aliphatic carbocycles. The van der Waals surface area contributed by atoms with Crippen molar-refractivity contribution >= 4 is 37.6 Å². The first-order valence-corrected chi connectivity index (χ1v) is 11.4. The maximum Gasteiger partial charge on any atom is 0.252 e. The minimum absolute atomic E-state index is 0.00554. The predicted molar refractivity (Wildman–Crippen MR) is 106 cm³/mol. The Kier molecular flexibility index (Phi) is 6.84. The van der Waals surface area contributed by atoms with Crippen molar-refractivity contribution < 1.29 is 21.6 Å². The van der Waals surface area contributed by atoms with E-state index in [1.54, 1.807) is 12.1 Å². The van der Waals surface area contributed by atoms with Crippen LogP contribution in [0.15, 0.2) is 52.3 Å². The number of nitrogens with zero attached hydrogens (tertiary/aromatic N) is 1. The van der Waals surface area contributed by atoms with E-state index in [9.17, 15) is 21.6 Å². The molecule has 0 heterocycles. The molecule has 2 aromatic carbocycles. The molecule has 2 aromatic rings. The third kappa shape index (κ3) is 5.30. The first-order valence-electron chi connectivity index (χ1n) is 8.05. The van der Waals surface area contributed by atoms with Crippen molar-refractivity contribution in [3.63, 3.8) is 0 Å². The Hall–Kier alpha value is -1.98. The van der Waals surface area contributed by atoms with E-state index in [-0.39, 0.29) is 26.9 Å². The van der Waals surface area contributed by atoms with Crippen molar-refractivity contribution in [1.29, 1.82) is 0 Å². The lowest BCUT2D eigenvalue weighted by Crippen LogP contribution is -2.27. The highest BCUT2D eigenvalue weighted by Crippen LogP contribution is 2.22. The molecule has 8 nitrogen and oxygen atoms in total. The van der Waals surface area contributed by atoms with E-state index in [2.05, 4.69) is 5.32 Å². The van der Waals surface area contributed by atoms with Gasteiger partial charge in [-0.25, -0.2) is 26.3 Å². The van der Waals surface area contributed by atoms with Crippen LogP contribution in [0.25, 0.3) is 0 Å². The molecular formula is C17H20ClN3O5S2. The van der Waals surface area contributed by atoms with E-state index in [0.717, 1.165) is 9.87 Å². The van der Waals surface area contributed by atoms with E-state index in [1.165, 1.54) is 44.4 Å². The summed E-state index contributed by atoms with van der Waals surface area (Å²) in [5, 5.41) is 7.84. The molecule has 0 aliphatic heterocycles. The summed E-state index contributed by atoms with van der Waals surface area (Å²) in [5.74, 6) is -0.512.